The summed E-state index contributed by atoms with van der Waals surface area (Å²) >= 11 is 0. The Hall–Kier alpha value is -3.27. The van der Waals surface area contributed by atoms with Crippen LogP contribution in [0.4, 0.5) is 5.69 Å². The minimum Gasteiger partial charge on any atom is -0.281 e. The van der Waals surface area contributed by atoms with Crippen molar-refractivity contribution in [1.29, 1.82) is 5.26 Å². The molecule has 0 atom stereocenters. The molecule has 0 unspecified atom stereocenters. The van der Waals surface area contributed by atoms with E-state index < -0.39 is 4.92 Å². The van der Waals surface area contributed by atoms with Gasteiger partial charge in [-0.05, 0) is 31.2 Å². The van der Waals surface area contributed by atoms with Crippen molar-refractivity contribution >= 4 is 11.3 Å². The number of hydrogen-bond acceptors (Lipinski definition) is 5. The van der Waals surface area contributed by atoms with Crippen molar-refractivity contribution in [2.45, 2.75) is 6.92 Å². The van der Waals surface area contributed by atoms with Crippen LogP contribution in [-0.4, -0.2) is 19.5 Å². The number of nitro benzene ring substituents is 1. The van der Waals surface area contributed by atoms with Gasteiger partial charge in [0.2, 0.25) is 0 Å². The summed E-state index contributed by atoms with van der Waals surface area (Å²) in [4.78, 5) is 10.4. The summed E-state index contributed by atoms with van der Waals surface area (Å²) in [6.07, 6.45) is 1.64. The Labute approximate surface area is 119 Å². The number of nitriles is 1. The first-order chi connectivity index (χ1) is 10.1. The lowest BCUT2D eigenvalue weighted by Crippen LogP contribution is -1.94. The maximum absolute atomic E-state index is 10.9. The molecule has 0 saturated heterocycles. The monoisotopic (exact) mass is 279 g/mol. The van der Waals surface area contributed by atoms with Gasteiger partial charge < -0.3 is 0 Å². The second kappa shape index (κ2) is 4.68. The molecule has 0 aliphatic carbocycles. The molecule has 0 bridgehead atoms. The van der Waals surface area contributed by atoms with Crippen LogP contribution in [0.1, 0.15) is 11.1 Å². The average Bonchev–Trinajstić information content (AvgIpc) is 2.89. The highest BCUT2D eigenvalue weighted by atomic mass is 16.6. The van der Waals surface area contributed by atoms with Gasteiger partial charge in [0, 0.05) is 23.4 Å². The van der Waals surface area contributed by atoms with Gasteiger partial charge in [-0.15, -0.1) is 10.2 Å². The van der Waals surface area contributed by atoms with Crippen molar-refractivity contribution in [2.24, 2.45) is 0 Å². The molecule has 7 heteroatoms. The third-order valence-corrected chi connectivity index (χ3v) is 3.18. The number of hydrogen-bond donors (Lipinski definition) is 0. The molecule has 3 rings (SSSR count). The first-order valence-electron chi connectivity index (χ1n) is 6.10. The van der Waals surface area contributed by atoms with E-state index in [4.69, 9.17) is 5.26 Å². The van der Waals surface area contributed by atoms with Crippen LogP contribution in [0.15, 0.2) is 36.5 Å². The Morgan fingerprint density at radius 2 is 2.10 bits per heavy atom. The van der Waals surface area contributed by atoms with Gasteiger partial charge in [0.05, 0.1) is 10.5 Å². The van der Waals surface area contributed by atoms with E-state index in [1.165, 1.54) is 6.07 Å². The molecule has 102 valence electrons. The van der Waals surface area contributed by atoms with Crippen molar-refractivity contribution in [3.05, 3.63) is 57.8 Å². The van der Waals surface area contributed by atoms with Gasteiger partial charge in [-0.2, -0.15) is 5.26 Å². The van der Waals surface area contributed by atoms with Crippen molar-refractivity contribution in [1.82, 2.24) is 14.6 Å². The fraction of sp³-hybridized carbons (Fsp3) is 0.0714. The van der Waals surface area contributed by atoms with E-state index in [-0.39, 0.29) is 5.69 Å². The zero-order chi connectivity index (χ0) is 15.0. The van der Waals surface area contributed by atoms with Gasteiger partial charge in [0.15, 0.2) is 11.5 Å². The van der Waals surface area contributed by atoms with E-state index in [0.29, 0.717) is 28.2 Å². The highest BCUT2D eigenvalue weighted by molar-refractivity contribution is 5.63. The standard InChI is InChI=1S/C14H9N5O2/c1-9-6-11(3-4-12(9)19(20)21)14-17-16-13-5-2-10(7-15)8-18(13)14/h2-6,8H,1H3. The van der Waals surface area contributed by atoms with Gasteiger partial charge in [0.1, 0.15) is 6.07 Å². The SMILES string of the molecule is Cc1cc(-c2nnc3ccc(C#N)cn23)ccc1[N+](=O)[O-]. The number of rotatable bonds is 2. The van der Waals surface area contributed by atoms with E-state index in [1.54, 1.807) is 41.8 Å². The van der Waals surface area contributed by atoms with Crippen LogP contribution in [0.2, 0.25) is 0 Å². The maximum Gasteiger partial charge on any atom is 0.272 e. The number of pyridine rings is 1. The van der Waals surface area contributed by atoms with Crippen molar-refractivity contribution in [3.8, 4) is 17.5 Å². The number of aryl methyl sites for hydroxylation is 1. The molecule has 1 aromatic carbocycles. The summed E-state index contributed by atoms with van der Waals surface area (Å²) < 4.78 is 1.69. The summed E-state index contributed by atoms with van der Waals surface area (Å²) in [5, 5.41) is 27.9. The van der Waals surface area contributed by atoms with E-state index in [0.717, 1.165) is 0 Å². The topological polar surface area (TPSA) is 97.1 Å². The summed E-state index contributed by atoms with van der Waals surface area (Å²) in [5.41, 5.74) is 2.42. The Kier molecular flexibility index (Phi) is 2.84. The lowest BCUT2D eigenvalue weighted by molar-refractivity contribution is -0.385. The molecule has 0 radical (unpaired) electrons. The molecule has 3 aromatic rings. The number of benzene rings is 1. The van der Waals surface area contributed by atoms with E-state index in [9.17, 15) is 10.1 Å². The molecule has 0 N–H and O–H groups in total. The number of aromatic nitrogens is 3. The van der Waals surface area contributed by atoms with Crippen LogP contribution in [0.5, 0.6) is 0 Å². The Bertz CT molecular complexity index is 907. The van der Waals surface area contributed by atoms with Crippen LogP contribution in [0.3, 0.4) is 0 Å². The smallest absolute Gasteiger partial charge is 0.272 e. The molecule has 0 amide bonds. The predicted molar refractivity (Wildman–Crippen MR) is 74.5 cm³/mol. The average molecular weight is 279 g/mol. The van der Waals surface area contributed by atoms with E-state index >= 15 is 0 Å². The van der Waals surface area contributed by atoms with Crippen LogP contribution < -0.4 is 0 Å². The molecular weight excluding hydrogens is 270 g/mol. The van der Waals surface area contributed by atoms with Crippen molar-refractivity contribution < 1.29 is 4.92 Å². The number of nitro groups is 1. The third-order valence-electron chi connectivity index (χ3n) is 3.18. The fourth-order valence-corrected chi connectivity index (χ4v) is 2.15. The summed E-state index contributed by atoms with van der Waals surface area (Å²) in [6, 6.07) is 10.2. The van der Waals surface area contributed by atoms with Crippen molar-refractivity contribution in [3.63, 3.8) is 0 Å². The molecule has 0 spiro atoms. The molecule has 0 aliphatic rings. The predicted octanol–water partition coefficient (Wildman–Crippen LogP) is 2.48. The second-order valence-electron chi connectivity index (χ2n) is 4.54. The molecular formula is C14H9N5O2. The number of nitrogens with zero attached hydrogens (tertiary/aromatic N) is 5. The van der Waals surface area contributed by atoms with Gasteiger partial charge in [-0.1, -0.05) is 0 Å². The third kappa shape index (κ3) is 2.08. The molecule has 2 heterocycles. The quantitative estimate of drug-likeness (QED) is 0.530. The van der Waals surface area contributed by atoms with E-state index in [2.05, 4.69) is 16.3 Å². The molecule has 21 heavy (non-hydrogen) atoms. The number of fused-ring (bicyclic) bond motifs is 1. The fourth-order valence-electron chi connectivity index (χ4n) is 2.15. The molecule has 2 aromatic heterocycles. The largest absolute Gasteiger partial charge is 0.281 e. The molecule has 0 aliphatic heterocycles. The van der Waals surface area contributed by atoms with E-state index in [1.807, 2.05) is 0 Å². The summed E-state index contributed by atoms with van der Waals surface area (Å²) in [7, 11) is 0. The minimum atomic E-state index is -0.422. The van der Waals surface area contributed by atoms with Gasteiger partial charge in [-0.25, -0.2) is 0 Å². The lowest BCUT2D eigenvalue weighted by atomic mass is 10.1. The van der Waals surface area contributed by atoms with Crippen LogP contribution >= 0.6 is 0 Å². The molecule has 0 saturated carbocycles. The molecule has 7 nitrogen and oxygen atoms in total. The summed E-state index contributed by atoms with van der Waals surface area (Å²) in [6.45, 7) is 1.67. The zero-order valence-corrected chi connectivity index (χ0v) is 11.0. The maximum atomic E-state index is 10.9. The van der Waals surface area contributed by atoms with Crippen LogP contribution in [0, 0.1) is 28.4 Å². The first-order valence-corrected chi connectivity index (χ1v) is 6.10. The first kappa shape index (κ1) is 12.7. The Balaban J connectivity index is 2.19. The highest BCUT2D eigenvalue weighted by Gasteiger charge is 2.14. The minimum absolute atomic E-state index is 0.0604. The Morgan fingerprint density at radius 1 is 1.29 bits per heavy atom. The summed E-state index contributed by atoms with van der Waals surface area (Å²) in [5.74, 6) is 0.542. The van der Waals surface area contributed by atoms with Gasteiger partial charge in [0.25, 0.3) is 5.69 Å². The second-order valence-corrected chi connectivity index (χ2v) is 4.54. The zero-order valence-electron chi connectivity index (χ0n) is 11.0. The van der Waals surface area contributed by atoms with Crippen LogP contribution in [-0.2, 0) is 0 Å². The van der Waals surface area contributed by atoms with Gasteiger partial charge >= 0.3 is 0 Å². The van der Waals surface area contributed by atoms with Gasteiger partial charge in [-0.3, -0.25) is 14.5 Å². The Morgan fingerprint density at radius 3 is 2.76 bits per heavy atom. The highest BCUT2D eigenvalue weighted by Crippen LogP contribution is 2.25. The normalized spacial score (nSPS) is 10.5. The van der Waals surface area contributed by atoms with Crippen LogP contribution in [0.25, 0.3) is 17.0 Å². The molecule has 0 fully saturated rings. The van der Waals surface area contributed by atoms with Crippen molar-refractivity contribution in [2.75, 3.05) is 0 Å². The lowest BCUT2D eigenvalue weighted by Gasteiger charge is -2.02.